The predicted molar refractivity (Wildman–Crippen MR) is 84.2 cm³/mol. The molecule has 0 saturated carbocycles. The first-order valence-electron chi connectivity index (χ1n) is 5.79. The molecule has 5 N–H and O–H groups in total. The Morgan fingerprint density at radius 1 is 1.33 bits per heavy atom. The lowest BCUT2D eigenvalue weighted by Gasteiger charge is -2.15. The Bertz CT molecular complexity index is 592. The number of urea groups is 1. The maximum atomic E-state index is 11.8. The number of hydrogen-bond donors (Lipinski definition) is 4. The van der Waals surface area contributed by atoms with E-state index in [1.54, 1.807) is 13.0 Å². The summed E-state index contributed by atoms with van der Waals surface area (Å²) < 4.78 is 0.965. The van der Waals surface area contributed by atoms with Gasteiger partial charge in [0.1, 0.15) is 0 Å². The van der Waals surface area contributed by atoms with Crippen molar-refractivity contribution in [2.24, 2.45) is 5.73 Å². The van der Waals surface area contributed by atoms with Gasteiger partial charge in [-0.25, -0.2) is 9.59 Å². The highest BCUT2D eigenvalue weighted by molar-refractivity contribution is 9.11. The third-order valence-electron chi connectivity index (χ3n) is 2.41. The summed E-state index contributed by atoms with van der Waals surface area (Å²) in [5, 5.41) is 14.1. The average Bonchev–Trinajstić information content (AvgIpc) is 2.30. The third kappa shape index (κ3) is 5.35. The molecule has 0 aliphatic carbocycles. The van der Waals surface area contributed by atoms with E-state index in [1.807, 2.05) is 0 Å². The minimum absolute atomic E-state index is 0.0132. The van der Waals surface area contributed by atoms with Crippen LogP contribution in [0, 0.1) is 0 Å². The molecule has 3 amide bonds. The van der Waals surface area contributed by atoms with Crippen molar-refractivity contribution in [2.75, 3.05) is 5.32 Å². The molecule has 114 valence electrons. The lowest BCUT2D eigenvalue weighted by molar-refractivity contribution is -0.118. The van der Waals surface area contributed by atoms with Gasteiger partial charge in [-0.1, -0.05) is 15.9 Å². The zero-order valence-electron chi connectivity index (χ0n) is 10.9. The van der Waals surface area contributed by atoms with E-state index in [0.717, 1.165) is 0 Å². The first-order chi connectivity index (χ1) is 9.70. The molecule has 0 radical (unpaired) electrons. The summed E-state index contributed by atoms with van der Waals surface area (Å²) >= 11 is 6.37. The number of nitrogens with two attached hydrogens (primary N) is 1. The number of carbonyl (C=O) groups excluding carboxylic acids is 2. The number of halogens is 2. The lowest BCUT2D eigenvalue weighted by Crippen LogP contribution is -2.38. The molecule has 1 unspecified atom stereocenters. The number of nitrogens with one attached hydrogen (secondary N) is 2. The number of carboxylic acid groups (broad SMARTS) is 1. The van der Waals surface area contributed by atoms with E-state index in [2.05, 4.69) is 42.5 Å². The topological polar surface area (TPSA) is 122 Å². The van der Waals surface area contributed by atoms with Crippen LogP contribution in [0.1, 0.15) is 23.7 Å². The molecule has 0 bridgehead atoms. The van der Waals surface area contributed by atoms with Crippen molar-refractivity contribution >= 4 is 55.5 Å². The summed E-state index contributed by atoms with van der Waals surface area (Å²) in [6.07, 6.45) is -0.0132. The Kier molecular flexibility index (Phi) is 6.16. The fourth-order valence-electron chi connectivity index (χ4n) is 1.60. The SMILES string of the molecule is CC(CC(N)=O)NC(=O)Nc1c(Br)cc(Br)cc1C(=O)O. The minimum Gasteiger partial charge on any atom is -0.478 e. The van der Waals surface area contributed by atoms with Crippen LogP contribution in [0.4, 0.5) is 10.5 Å². The Morgan fingerprint density at radius 3 is 2.48 bits per heavy atom. The molecular weight excluding hydrogens is 410 g/mol. The Morgan fingerprint density at radius 2 is 1.95 bits per heavy atom. The maximum absolute atomic E-state index is 11.8. The van der Waals surface area contributed by atoms with Crippen molar-refractivity contribution in [2.45, 2.75) is 19.4 Å². The molecule has 1 aromatic rings. The molecule has 1 aromatic carbocycles. The monoisotopic (exact) mass is 421 g/mol. The van der Waals surface area contributed by atoms with Crippen LogP contribution in [-0.2, 0) is 4.79 Å². The first-order valence-corrected chi connectivity index (χ1v) is 7.37. The van der Waals surface area contributed by atoms with Crippen LogP contribution in [0.5, 0.6) is 0 Å². The second kappa shape index (κ2) is 7.41. The van der Waals surface area contributed by atoms with E-state index in [4.69, 9.17) is 10.8 Å². The molecule has 0 aliphatic rings. The fourth-order valence-corrected chi connectivity index (χ4v) is 2.92. The Hall–Kier alpha value is -1.61. The number of anilines is 1. The molecule has 0 spiro atoms. The zero-order valence-corrected chi connectivity index (χ0v) is 14.1. The van der Waals surface area contributed by atoms with Gasteiger partial charge in [-0.05, 0) is 35.0 Å². The van der Waals surface area contributed by atoms with Gasteiger partial charge < -0.3 is 21.5 Å². The third-order valence-corrected chi connectivity index (χ3v) is 3.49. The van der Waals surface area contributed by atoms with Gasteiger partial charge in [0.25, 0.3) is 0 Å². The van der Waals surface area contributed by atoms with Crippen LogP contribution in [0.15, 0.2) is 21.1 Å². The summed E-state index contributed by atoms with van der Waals surface area (Å²) in [6, 6.07) is 1.88. The highest BCUT2D eigenvalue weighted by atomic mass is 79.9. The summed E-state index contributed by atoms with van der Waals surface area (Å²) in [5.41, 5.74) is 5.07. The van der Waals surface area contributed by atoms with Crippen LogP contribution in [0.25, 0.3) is 0 Å². The quantitative estimate of drug-likeness (QED) is 0.581. The van der Waals surface area contributed by atoms with Crippen molar-refractivity contribution in [3.05, 3.63) is 26.6 Å². The molecule has 1 atom stereocenters. The van der Waals surface area contributed by atoms with Gasteiger partial charge in [0.15, 0.2) is 0 Å². The molecule has 0 fully saturated rings. The van der Waals surface area contributed by atoms with Crippen molar-refractivity contribution in [1.29, 1.82) is 0 Å². The van der Waals surface area contributed by atoms with Gasteiger partial charge in [-0.15, -0.1) is 0 Å². The normalized spacial score (nSPS) is 11.6. The van der Waals surface area contributed by atoms with E-state index in [-0.39, 0.29) is 17.7 Å². The van der Waals surface area contributed by atoms with E-state index < -0.39 is 23.9 Å². The van der Waals surface area contributed by atoms with E-state index in [0.29, 0.717) is 8.95 Å². The largest absolute Gasteiger partial charge is 0.478 e. The molecule has 7 nitrogen and oxygen atoms in total. The summed E-state index contributed by atoms with van der Waals surface area (Å²) in [7, 11) is 0. The molecule has 9 heteroatoms. The van der Waals surface area contributed by atoms with Crippen LogP contribution in [0.2, 0.25) is 0 Å². The van der Waals surface area contributed by atoms with Gasteiger partial charge in [-0.2, -0.15) is 0 Å². The fraction of sp³-hybridized carbons (Fsp3) is 0.250. The smallest absolute Gasteiger partial charge is 0.337 e. The molecule has 0 aromatic heterocycles. The minimum atomic E-state index is -1.18. The van der Waals surface area contributed by atoms with Crippen LogP contribution in [-0.4, -0.2) is 29.1 Å². The number of aromatic carboxylic acids is 1. The average molecular weight is 423 g/mol. The lowest BCUT2D eigenvalue weighted by atomic mass is 10.2. The molecule has 0 heterocycles. The first kappa shape index (κ1) is 17.4. The highest BCUT2D eigenvalue weighted by Gasteiger charge is 2.18. The van der Waals surface area contributed by atoms with Crippen LogP contribution in [0.3, 0.4) is 0 Å². The summed E-state index contributed by atoms with van der Waals surface area (Å²) in [5.74, 6) is -1.73. The molecular formula is C12H13Br2N3O4. The molecule has 21 heavy (non-hydrogen) atoms. The van der Waals surface area contributed by atoms with Gasteiger partial charge >= 0.3 is 12.0 Å². The second-order valence-corrected chi connectivity index (χ2v) is 6.06. The Balaban J connectivity index is 2.90. The number of carboxylic acids is 1. The number of hydrogen-bond acceptors (Lipinski definition) is 3. The number of primary amides is 1. The van der Waals surface area contributed by atoms with Crippen molar-refractivity contribution < 1.29 is 19.5 Å². The standard InChI is InChI=1S/C12H13Br2N3O4/c1-5(2-9(15)18)16-12(21)17-10-7(11(19)20)3-6(13)4-8(10)14/h3-5H,2H2,1H3,(H2,15,18)(H,19,20)(H2,16,17,21). The van der Waals surface area contributed by atoms with Crippen molar-refractivity contribution in [1.82, 2.24) is 5.32 Å². The van der Waals surface area contributed by atoms with E-state index >= 15 is 0 Å². The van der Waals surface area contributed by atoms with Gasteiger partial charge in [0.05, 0.1) is 11.3 Å². The van der Waals surface area contributed by atoms with Crippen LogP contribution < -0.4 is 16.4 Å². The van der Waals surface area contributed by atoms with E-state index in [1.165, 1.54) is 6.07 Å². The summed E-state index contributed by atoms with van der Waals surface area (Å²) in [4.78, 5) is 33.8. The second-order valence-electron chi connectivity index (χ2n) is 4.29. The van der Waals surface area contributed by atoms with Gasteiger partial charge in [0.2, 0.25) is 5.91 Å². The van der Waals surface area contributed by atoms with Crippen molar-refractivity contribution in [3.63, 3.8) is 0 Å². The number of amides is 3. The number of rotatable bonds is 5. The van der Waals surface area contributed by atoms with E-state index in [9.17, 15) is 14.4 Å². The molecule has 0 aliphatic heterocycles. The zero-order chi connectivity index (χ0) is 16.2. The Labute approximate surface area is 137 Å². The maximum Gasteiger partial charge on any atom is 0.337 e. The number of carbonyl (C=O) groups is 3. The highest BCUT2D eigenvalue weighted by Crippen LogP contribution is 2.30. The summed E-state index contributed by atoms with van der Waals surface area (Å²) in [6.45, 7) is 1.61. The van der Waals surface area contributed by atoms with Gasteiger partial charge in [0, 0.05) is 21.4 Å². The molecule has 1 rings (SSSR count). The predicted octanol–water partition coefficient (Wildman–Crippen LogP) is 2.30. The van der Waals surface area contributed by atoms with Crippen molar-refractivity contribution in [3.8, 4) is 0 Å². The molecule has 0 saturated heterocycles. The van der Waals surface area contributed by atoms with Crippen LogP contribution >= 0.6 is 31.9 Å². The number of benzene rings is 1. The van der Waals surface area contributed by atoms with Gasteiger partial charge in [-0.3, -0.25) is 4.79 Å².